The van der Waals surface area contributed by atoms with Crippen LogP contribution in [0.4, 0.5) is 0 Å². The Morgan fingerprint density at radius 1 is 1.36 bits per heavy atom. The highest BCUT2D eigenvalue weighted by Crippen LogP contribution is 2.52. The molecular formula is C20H27NO4. The fraction of sp³-hybridized carbons (Fsp3) is 0.650. The number of hydrogen-bond acceptors (Lipinski definition) is 4. The summed E-state index contributed by atoms with van der Waals surface area (Å²) < 4.78 is 11.5. The molecule has 1 heterocycles. The van der Waals surface area contributed by atoms with Gasteiger partial charge in [-0.15, -0.1) is 0 Å². The van der Waals surface area contributed by atoms with Crippen LogP contribution in [-0.2, 0) is 14.3 Å². The molecular weight excluding hydrogens is 318 g/mol. The van der Waals surface area contributed by atoms with Crippen LogP contribution < -0.4 is 5.32 Å². The number of rotatable bonds is 5. The van der Waals surface area contributed by atoms with Crippen molar-refractivity contribution in [2.45, 2.75) is 50.7 Å². The summed E-state index contributed by atoms with van der Waals surface area (Å²) in [6, 6.07) is 7.47. The zero-order chi connectivity index (χ0) is 17.4. The molecule has 1 aliphatic heterocycles. The molecule has 25 heavy (non-hydrogen) atoms. The number of amides is 1. The first kappa shape index (κ1) is 16.9. The van der Waals surface area contributed by atoms with Gasteiger partial charge in [0.25, 0.3) is 0 Å². The van der Waals surface area contributed by atoms with Gasteiger partial charge in [-0.2, -0.15) is 0 Å². The monoisotopic (exact) mass is 345 g/mol. The van der Waals surface area contributed by atoms with Gasteiger partial charge in [0.1, 0.15) is 5.75 Å². The van der Waals surface area contributed by atoms with Crippen molar-refractivity contribution < 1.29 is 19.4 Å². The van der Waals surface area contributed by atoms with Crippen molar-refractivity contribution in [3.63, 3.8) is 0 Å². The van der Waals surface area contributed by atoms with Crippen LogP contribution in [0.3, 0.4) is 0 Å². The number of benzene rings is 1. The van der Waals surface area contributed by atoms with Crippen molar-refractivity contribution in [2.75, 3.05) is 19.8 Å². The van der Waals surface area contributed by atoms with Gasteiger partial charge in [-0.05, 0) is 56.2 Å². The van der Waals surface area contributed by atoms with Crippen molar-refractivity contribution in [3.05, 3.63) is 29.8 Å². The first-order chi connectivity index (χ1) is 12.1. The molecule has 136 valence electrons. The van der Waals surface area contributed by atoms with E-state index in [-0.39, 0.29) is 41.1 Å². The first-order valence-corrected chi connectivity index (χ1v) is 9.42. The highest BCUT2D eigenvalue weighted by Gasteiger charge is 2.57. The molecule has 0 aromatic heterocycles. The molecule has 2 unspecified atom stereocenters. The quantitative estimate of drug-likeness (QED) is 0.861. The largest absolute Gasteiger partial charge is 0.508 e. The molecule has 5 heteroatoms. The number of aromatic hydroxyl groups is 1. The lowest BCUT2D eigenvalue weighted by atomic mass is 9.57. The Kier molecular flexibility index (Phi) is 4.46. The fourth-order valence-corrected chi connectivity index (χ4v) is 4.69. The minimum atomic E-state index is 0.0323. The SMILES string of the molecule is CCOC1CC(NC(=O)[C@H]2C[C@@H]2c2cccc(O)c2)C12CCOCC2. The smallest absolute Gasteiger partial charge is 0.223 e. The molecule has 1 saturated heterocycles. The number of ether oxygens (including phenoxy) is 2. The van der Waals surface area contributed by atoms with Gasteiger partial charge in [0, 0.05) is 37.2 Å². The molecule has 2 saturated carbocycles. The van der Waals surface area contributed by atoms with E-state index in [9.17, 15) is 9.90 Å². The number of hydrogen-bond donors (Lipinski definition) is 2. The van der Waals surface area contributed by atoms with Crippen molar-refractivity contribution in [3.8, 4) is 5.75 Å². The average molecular weight is 345 g/mol. The second-order valence-corrected chi connectivity index (χ2v) is 7.63. The van der Waals surface area contributed by atoms with E-state index in [1.54, 1.807) is 12.1 Å². The van der Waals surface area contributed by atoms with E-state index in [0.717, 1.165) is 51.1 Å². The normalized spacial score (nSPS) is 32.8. The molecule has 4 rings (SSSR count). The van der Waals surface area contributed by atoms with Crippen LogP contribution in [-0.4, -0.2) is 43.0 Å². The molecule has 3 aliphatic rings. The summed E-state index contributed by atoms with van der Waals surface area (Å²) in [7, 11) is 0. The zero-order valence-corrected chi connectivity index (χ0v) is 14.7. The summed E-state index contributed by atoms with van der Waals surface area (Å²) >= 11 is 0. The van der Waals surface area contributed by atoms with Crippen molar-refractivity contribution in [2.24, 2.45) is 11.3 Å². The van der Waals surface area contributed by atoms with E-state index >= 15 is 0 Å². The summed E-state index contributed by atoms with van der Waals surface area (Å²) in [6.45, 7) is 4.26. The van der Waals surface area contributed by atoms with Crippen molar-refractivity contribution in [1.29, 1.82) is 0 Å². The number of carbonyl (C=O) groups excluding carboxylic acids is 1. The van der Waals surface area contributed by atoms with Gasteiger partial charge in [-0.3, -0.25) is 4.79 Å². The van der Waals surface area contributed by atoms with Crippen molar-refractivity contribution >= 4 is 5.91 Å². The minimum Gasteiger partial charge on any atom is -0.508 e. The third-order valence-corrected chi connectivity index (χ3v) is 6.32. The summed E-state index contributed by atoms with van der Waals surface area (Å²) in [5, 5.41) is 12.9. The summed E-state index contributed by atoms with van der Waals surface area (Å²) in [5.74, 6) is 0.688. The second-order valence-electron chi connectivity index (χ2n) is 7.63. The number of phenolic OH excluding ortho intramolecular Hbond substituents is 1. The van der Waals surface area contributed by atoms with Crippen LogP contribution >= 0.6 is 0 Å². The van der Waals surface area contributed by atoms with E-state index in [2.05, 4.69) is 5.32 Å². The van der Waals surface area contributed by atoms with E-state index in [4.69, 9.17) is 9.47 Å². The standard InChI is InChI=1S/C20H27NO4/c1-2-25-18-12-17(20(18)6-8-24-9-7-20)21-19(23)16-11-15(16)13-4-3-5-14(22)10-13/h3-5,10,15-18,22H,2,6-9,11-12H2,1H3,(H,21,23)/t15-,16+,17?,18?/m1/s1. The van der Waals surface area contributed by atoms with Crippen LogP contribution in [0.1, 0.15) is 44.1 Å². The van der Waals surface area contributed by atoms with Crippen LogP contribution in [0, 0.1) is 11.3 Å². The van der Waals surface area contributed by atoms with Crippen LogP contribution in [0.15, 0.2) is 24.3 Å². The lowest BCUT2D eigenvalue weighted by Gasteiger charge is -2.57. The predicted molar refractivity (Wildman–Crippen MR) is 93.4 cm³/mol. The highest BCUT2D eigenvalue weighted by atomic mass is 16.5. The van der Waals surface area contributed by atoms with E-state index in [0.29, 0.717) is 0 Å². The molecule has 1 aromatic carbocycles. The molecule has 0 bridgehead atoms. The number of carbonyl (C=O) groups is 1. The topological polar surface area (TPSA) is 67.8 Å². The maximum atomic E-state index is 12.7. The van der Waals surface area contributed by atoms with E-state index in [1.807, 2.05) is 19.1 Å². The summed E-state index contributed by atoms with van der Waals surface area (Å²) in [5.41, 5.74) is 1.11. The first-order valence-electron chi connectivity index (χ1n) is 9.42. The van der Waals surface area contributed by atoms with Gasteiger partial charge in [-0.25, -0.2) is 0 Å². The molecule has 2 aliphatic carbocycles. The summed E-state index contributed by atoms with van der Waals surface area (Å²) in [4.78, 5) is 12.7. The fourth-order valence-electron chi connectivity index (χ4n) is 4.69. The zero-order valence-electron chi connectivity index (χ0n) is 14.7. The van der Waals surface area contributed by atoms with E-state index in [1.165, 1.54) is 0 Å². The molecule has 3 fully saturated rings. The van der Waals surface area contributed by atoms with Gasteiger partial charge in [0.05, 0.1) is 6.10 Å². The van der Waals surface area contributed by atoms with Crippen LogP contribution in [0.5, 0.6) is 5.75 Å². The predicted octanol–water partition coefficient (Wildman–Crippen LogP) is 2.59. The Bertz CT molecular complexity index is 640. The average Bonchev–Trinajstić information content (AvgIpc) is 3.42. The Labute approximate surface area is 148 Å². The molecule has 1 spiro atoms. The van der Waals surface area contributed by atoms with Crippen molar-refractivity contribution in [1.82, 2.24) is 5.32 Å². The molecule has 1 aromatic rings. The molecule has 4 atom stereocenters. The molecule has 1 amide bonds. The number of phenols is 1. The second kappa shape index (κ2) is 6.61. The molecule has 2 N–H and O–H groups in total. The van der Waals surface area contributed by atoms with Gasteiger partial charge < -0.3 is 19.9 Å². The van der Waals surface area contributed by atoms with E-state index < -0.39 is 0 Å². The van der Waals surface area contributed by atoms with Crippen LogP contribution in [0.2, 0.25) is 0 Å². The molecule has 0 radical (unpaired) electrons. The lowest BCUT2D eigenvalue weighted by Crippen LogP contribution is -2.66. The van der Waals surface area contributed by atoms with Gasteiger partial charge >= 0.3 is 0 Å². The number of nitrogens with one attached hydrogen (secondary N) is 1. The Balaban J connectivity index is 1.38. The Morgan fingerprint density at radius 3 is 2.88 bits per heavy atom. The minimum absolute atomic E-state index is 0.0323. The van der Waals surface area contributed by atoms with Crippen LogP contribution in [0.25, 0.3) is 0 Å². The van der Waals surface area contributed by atoms with Gasteiger partial charge in [0.2, 0.25) is 5.91 Å². The highest BCUT2D eigenvalue weighted by molar-refractivity contribution is 5.83. The third-order valence-electron chi connectivity index (χ3n) is 6.32. The third kappa shape index (κ3) is 3.04. The van der Waals surface area contributed by atoms with Gasteiger partial charge in [0.15, 0.2) is 0 Å². The summed E-state index contributed by atoms with van der Waals surface area (Å²) in [6.07, 6.45) is 3.94. The Morgan fingerprint density at radius 2 is 2.16 bits per heavy atom. The maximum Gasteiger partial charge on any atom is 0.223 e. The Hall–Kier alpha value is -1.59. The maximum absolute atomic E-state index is 12.7. The lowest BCUT2D eigenvalue weighted by molar-refractivity contribution is -0.176. The molecule has 5 nitrogen and oxygen atoms in total. The van der Waals surface area contributed by atoms with Gasteiger partial charge in [-0.1, -0.05) is 12.1 Å².